The fourth-order valence-corrected chi connectivity index (χ4v) is 2.22. The standard InChI is InChI=1S/C14H22BrNO/c1-11(6-7-17)9-16-10-12(2)13-4-3-5-14(15)8-13/h3-5,8,11-12,16-17H,6-7,9-10H2,1-2H3. The molecule has 1 rings (SSSR count). The van der Waals surface area contributed by atoms with E-state index in [2.05, 4.69) is 53.3 Å². The third kappa shape index (κ3) is 5.66. The van der Waals surface area contributed by atoms with E-state index in [9.17, 15) is 0 Å². The topological polar surface area (TPSA) is 32.3 Å². The van der Waals surface area contributed by atoms with Gasteiger partial charge in [-0.3, -0.25) is 0 Å². The quantitative estimate of drug-likeness (QED) is 0.810. The Labute approximate surface area is 113 Å². The molecule has 0 saturated carbocycles. The van der Waals surface area contributed by atoms with Gasteiger partial charge in [-0.2, -0.15) is 0 Å². The summed E-state index contributed by atoms with van der Waals surface area (Å²) >= 11 is 3.49. The molecule has 0 amide bonds. The van der Waals surface area contributed by atoms with Crippen molar-refractivity contribution in [1.82, 2.24) is 5.32 Å². The zero-order chi connectivity index (χ0) is 12.7. The van der Waals surface area contributed by atoms with Gasteiger partial charge in [0.1, 0.15) is 0 Å². The van der Waals surface area contributed by atoms with E-state index in [0.29, 0.717) is 11.8 Å². The first-order valence-electron chi connectivity index (χ1n) is 6.20. The van der Waals surface area contributed by atoms with Crippen LogP contribution < -0.4 is 5.32 Å². The first-order chi connectivity index (χ1) is 8.13. The Hall–Kier alpha value is -0.380. The number of halogens is 1. The second-order valence-electron chi connectivity index (χ2n) is 4.73. The van der Waals surface area contributed by atoms with Crippen LogP contribution >= 0.6 is 15.9 Å². The lowest BCUT2D eigenvalue weighted by Crippen LogP contribution is -2.25. The highest BCUT2D eigenvalue weighted by atomic mass is 79.9. The van der Waals surface area contributed by atoms with E-state index < -0.39 is 0 Å². The first-order valence-corrected chi connectivity index (χ1v) is 6.99. The second-order valence-corrected chi connectivity index (χ2v) is 5.65. The molecule has 0 fully saturated rings. The Morgan fingerprint density at radius 2 is 2.06 bits per heavy atom. The van der Waals surface area contributed by atoms with Gasteiger partial charge in [0.05, 0.1) is 0 Å². The molecular formula is C14H22BrNO. The Kier molecular flexibility index (Phi) is 6.78. The van der Waals surface area contributed by atoms with Crippen molar-refractivity contribution >= 4 is 15.9 Å². The van der Waals surface area contributed by atoms with E-state index in [0.717, 1.165) is 24.0 Å². The van der Waals surface area contributed by atoms with E-state index in [-0.39, 0.29) is 6.61 Å². The zero-order valence-corrected chi connectivity index (χ0v) is 12.2. The molecule has 96 valence electrons. The maximum Gasteiger partial charge on any atom is 0.0434 e. The molecular weight excluding hydrogens is 278 g/mol. The predicted molar refractivity (Wildman–Crippen MR) is 76.3 cm³/mol. The zero-order valence-electron chi connectivity index (χ0n) is 10.6. The normalized spacial score (nSPS) is 14.6. The van der Waals surface area contributed by atoms with Gasteiger partial charge in [-0.05, 0) is 42.5 Å². The fraction of sp³-hybridized carbons (Fsp3) is 0.571. The molecule has 0 radical (unpaired) electrons. The van der Waals surface area contributed by atoms with Crippen LogP contribution in [0.2, 0.25) is 0 Å². The summed E-state index contributed by atoms with van der Waals surface area (Å²) in [6.45, 7) is 6.62. The maximum absolute atomic E-state index is 8.82. The summed E-state index contributed by atoms with van der Waals surface area (Å²) < 4.78 is 1.13. The van der Waals surface area contributed by atoms with Crippen LogP contribution in [0.3, 0.4) is 0 Å². The van der Waals surface area contributed by atoms with Crippen molar-refractivity contribution in [3.8, 4) is 0 Å². The SMILES string of the molecule is CC(CCO)CNCC(C)c1cccc(Br)c1. The Morgan fingerprint density at radius 1 is 1.29 bits per heavy atom. The molecule has 0 saturated heterocycles. The summed E-state index contributed by atoms with van der Waals surface area (Å²) in [5, 5.41) is 12.3. The van der Waals surface area contributed by atoms with Crippen LogP contribution in [-0.4, -0.2) is 24.8 Å². The minimum Gasteiger partial charge on any atom is -0.396 e. The molecule has 1 aromatic carbocycles. The lowest BCUT2D eigenvalue weighted by atomic mass is 10.0. The van der Waals surface area contributed by atoms with Crippen LogP contribution in [0.15, 0.2) is 28.7 Å². The number of benzene rings is 1. The molecule has 0 aromatic heterocycles. The van der Waals surface area contributed by atoms with E-state index in [1.807, 2.05) is 6.07 Å². The minimum absolute atomic E-state index is 0.282. The lowest BCUT2D eigenvalue weighted by molar-refractivity contribution is 0.260. The van der Waals surface area contributed by atoms with Crippen LogP contribution in [0.1, 0.15) is 31.7 Å². The highest BCUT2D eigenvalue weighted by Crippen LogP contribution is 2.19. The van der Waals surface area contributed by atoms with Gasteiger partial charge in [-0.1, -0.05) is 41.9 Å². The summed E-state index contributed by atoms with van der Waals surface area (Å²) in [6.07, 6.45) is 0.873. The molecule has 0 aliphatic carbocycles. The van der Waals surface area contributed by atoms with Crippen LogP contribution in [0.5, 0.6) is 0 Å². The van der Waals surface area contributed by atoms with E-state index in [1.54, 1.807) is 0 Å². The molecule has 0 aliphatic heterocycles. The highest BCUT2D eigenvalue weighted by molar-refractivity contribution is 9.10. The average molecular weight is 300 g/mol. The molecule has 0 aliphatic rings. The van der Waals surface area contributed by atoms with Gasteiger partial charge in [0, 0.05) is 17.6 Å². The minimum atomic E-state index is 0.282. The Bertz CT molecular complexity index is 330. The first kappa shape index (κ1) is 14.7. The molecule has 17 heavy (non-hydrogen) atoms. The van der Waals surface area contributed by atoms with Crippen LogP contribution in [-0.2, 0) is 0 Å². The number of nitrogens with one attached hydrogen (secondary N) is 1. The highest BCUT2D eigenvalue weighted by Gasteiger charge is 2.06. The van der Waals surface area contributed by atoms with Crippen molar-refractivity contribution in [3.05, 3.63) is 34.3 Å². The number of aliphatic hydroxyl groups is 1. The third-order valence-corrected chi connectivity index (χ3v) is 3.48. The molecule has 2 N–H and O–H groups in total. The van der Waals surface area contributed by atoms with Crippen LogP contribution in [0.4, 0.5) is 0 Å². The van der Waals surface area contributed by atoms with E-state index >= 15 is 0 Å². The molecule has 2 nitrogen and oxygen atoms in total. The van der Waals surface area contributed by atoms with Gasteiger partial charge in [0.25, 0.3) is 0 Å². The van der Waals surface area contributed by atoms with Gasteiger partial charge in [0.2, 0.25) is 0 Å². The van der Waals surface area contributed by atoms with Crippen molar-refractivity contribution < 1.29 is 5.11 Å². The average Bonchev–Trinajstić information content (AvgIpc) is 2.29. The largest absolute Gasteiger partial charge is 0.396 e. The molecule has 0 spiro atoms. The van der Waals surface area contributed by atoms with E-state index in [1.165, 1.54) is 5.56 Å². The van der Waals surface area contributed by atoms with Gasteiger partial charge in [-0.25, -0.2) is 0 Å². The smallest absolute Gasteiger partial charge is 0.0434 e. The Morgan fingerprint density at radius 3 is 2.71 bits per heavy atom. The second kappa shape index (κ2) is 7.85. The predicted octanol–water partition coefficient (Wildman–Crippen LogP) is 3.16. The molecule has 1 aromatic rings. The number of rotatable bonds is 7. The third-order valence-electron chi connectivity index (χ3n) is 2.98. The molecule has 2 unspecified atom stereocenters. The van der Waals surface area contributed by atoms with Crippen LogP contribution in [0, 0.1) is 5.92 Å². The number of hydrogen-bond donors (Lipinski definition) is 2. The monoisotopic (exact) mass is 299 g/mol. The van der Waals surface area contributed by atoms with Crippen molar-refractivity contribution in [2.75, 3.05) is 19.7 Å². The van der Waals surface area contributed by atoms with Crippen molar-refractivity contribution in [2.45, 2.75) is 26.2 Å². The molecule has 2 atom stereocenters. The van der Waals surface area contributed by atoms with Crippen molar-refractivity contribution in [1.29, 1.82) is 0 Å². The lowest BCUT2D eigenvalue weighted by Gasteiger charge is -2.16. The summed E-state index contributed by atoms with van der Waals surface area (Å²) in [4.78, 5) is 0. The van der Waals surface area contributed by atoms with Gasteiger partial charge >= 0.3 is 0 Å². The maximum atomic E-state index is 8.82. The van der Waals surface area contributed by atoms with Gasteiger partial charge in [0.15, 0.2) is 0 Å². The molecule has 0 heterocycles. The summed E-state index contributed by atoms with van der Waals surface area (Å²) in [7, 11) is 0. The van der Waals surface area contributed by atoms with Crippen molar-refractivity contribution in [3.63, 3.8) is 0 Å². The Balaban J connectivity index is 2.32. The van der Waals surface area contributed by atoms with Gasteiger partial charge < -0.3 is 10.4 Å². The summed E-state index contributed by atoms with van der Waals surface area (Å²) in [5.74, 6) is 1.04. The van der Waals surface area contributed by atoms with Gasteiger partial charge in [-0.15, -0.1) is 0 Å². The van der Waals surface area contributed by atoms with Crippen molar-refractivity contribution in [2.24, 2.45) is 5.92 Å². The number of hydrogen-bond acceptors (Lipinski definition) is 2. The molecule has 0 bridgehead atoms. The summed E-state index contributed by atoms with van der Waals surface area (Å²) in [6, 6.07) is 8.45. The fourth-order valence-electron chi connectivity index (χ4n) is 1.80. The molecule has 3 heteroatoms. The van der Waals surface area contributed by atoms with Crippen LogP contribution in [0.25, 0.3) is 0 Å². The number of aliphatic hydroxyl groups excluding tert-OH is 1. The van der Waals surface area contributed by atoms with E-state index in [4.69, 9.17) is 5.11 Å². The summed E-state index contributed by atoms with van der Waals surface area (Å²) in [5.41, 5.74) is 1.35.